The summed E-state index contributed by atoms with van der Waals surface area (Å²) < 4.78 is 43.8. The van der Waals surface area contributed by atoms with Gasteiger partial charge < -0.3 is 9.84 Å². The first-order valence-corrected chi connectivity index (χ1v) is 5.77. The Morgan fingerprint density at radius 1 is 1.19 bits per heavy atom. The van der Waals surface area contributed by atoms with Crippen molar-refractivity contribution in [3.05, 3.63) is 47.8 Å². The van der Waals surface area contributed by atoms with Crippen LogP contribution in [0.3, 0.4) is 0 Å². The van der Waals surface area contributed by atoms with Crippen LogP contribution in [0.5, 0.6) is 5.75 Å². The molecule has 1 aromatic heterocycles. The van der Waals surface area contributed by atoms with Crippen molar-refractivity contribution < 1.29 is 27.8 Å². The molecule has 0 aliphatic heterocycles. The molecular formula is C14H10F3NO3. The molecule has 0 fully saturated rings. The SMILES string of the molecule is COc1cncc(-c2ccc(C(=O)O)c(C(F)(F)F)c2)c1. The van der Waals surface area contributed by atoms with Crippen LogP contribution < -0.4 is 4.74 Å². The van der Waals surface area contributed by atoms with Gasteiger partial charge in [0.15, 0.2) is 0 Å². The molecule has 0 atom stereocenters. The third-order valence-electron chi connectivity index (χ3n) is 2.84. The highest BCUT2D eigenvalue weighted by molar-refractivity contribution is 5.90. The van der Waals surface area contributed by atoms with Crippen LogP contribution in [-0.2, 0) is 6.18 Å². The topological polar surface area (TPSA) is 59.4 Å². The van der Waals surface area contributed by atoms with Gasteiger partial charge in [0.25, 0.3) is 0 Å². The Morgan fingerprint density at radius 2 is 1.90 bits per heavy atom. The average molecular weight is 297 g/mol. The van der Waals surface area contributed by atoms with Gasteiger partial charge in [-0.1, -0.05) is 6.07 Å². The fourth-order valence-corrected chi connectivity index (χ4v) is 1.83. The van der Waals surface area contributed by atoms with Crippen molar-refractivity contribution in [2.45, 2.75) is 6.18 Å². The molecule has 21 heavy (non-hydrogen) atoms. The van der Waals surface area contributed by atoms with Crippen LogP contribution in [0.15, 0.2) is 36.7 Å². The fourth-order valence-electron chi connectivity index (χ4n) is 1.83. The van der Waals surface area contributed by atoms with E-state index in [0.29, 0.717) is 11.3 Å². The van der Waals surface area contributed by atoms with Crippen molar-refractivity contribution in [2.75, 3.05) is 7.11 Å². The summed E-state index contributed by atoms with van der Waals surface area (Å²) in [6.07, 6.45) is -1.96. The molecule has 1 N–H and O–H groups in total. The molecule has 4 nitrogen and oxygen atoms in total. The first kappa shape index (κ1) is 14.8. The number of carboxylic acid groups (broad SMARTS) is 1. The van der Waals surface area contributed by atoms with Crippen LogP contribution in [0.2, 0.25) is 0 Å². The van der Waals surface area contributed by atoms with Gasteiger partial charge in [0, 0.05) is 11.8 Å². The van der Waals surface area contributed by atoms with Crippen LogP contribution in [0.1, 0.15) is 15.9 Å². The van der Waals surface area contributed by atoms with Crippen molar-refractivity contribution in [1.82, 2.24) is 4.98 Å². The number of methoxy groups -OCH3 is 1. The van der Waals surface area contributed by atoms with E-state index in [2.05, 4.69) is 4.98 Å². The zero-order valence-corrected chi connectivity index (χ0v) is 10.8. The average Bonchev–Trinajstić information content (AvgIpc) is 2.45. The zero-order valence-electron chi connectivity index (χ0n) is 10.8. The molecule has 0 amide bonds. The third kappa shape index (κ3) is 3.13. The highest BCUT2D eigenvalue weighted by Gasteiger charge is 2.35. The highest BCUT2D eigenvalue weighted by atomic mass is 19.4. The summed E-state index contributed by atoms with van der Waals surface area (Å²) in [7, 11) is 1.41. The molecule has 0 radical (unpaired) electrons. The van der Waals surface area contributed by atoms with Crippen molar-refractivity contribution >= 4 is 5.97 Å². The summed E-state index contributed by atoms with van der Waals surface area (Å²) in [6, 6.07) is 4.54. The summed E-state index contributed by atoms with van der Waals surface area (Å²) in [5, 5.41) is 8.84. The van der Waals surface area contributed by atoms with E-state index in [0.717, 1.165) is 12.1 Å². The van der Waals surface area contributed by atoms with E-state index in [-0.39, 0.29) is 5.56 Å². The van der Waals surface area contributed by atoms with E-state index in [1.807, 2.05) is 0 Å². The number of ether oxygens (including phenoxy) is 1. The molecular weight excluding hydrogens is 287 g/mol. The minimum atomic E-state index is -4.75. The van der Waals surface area contributed by atoms with E-state index in [1.54, 1.807) is 0 Å². The number of benzene rings is 1. The lowest BCUT2D eigenvalue weighted by Gasteiger charge is -2.12. The lowest BCUT2D eigenvalue weighted by Crippen LogP contribution is -2.13. The molecule has 1 aromatic carbocycles. The smallest absolute Gasteiger partial charge is 0.417 e. The molecule has 2 rings (SSSR count). The number of aromatic nitrogens is 1. The number of pyridine rings is 1. The maximum atomic E-state index is 12.9. The van der Waals surface area contributed by atoms with Gasteiger partial charge in [-0.15, -0.1) is 0 Å². The summed E-state index contributed by atoms with van der Waals surface area (Å²) in [5.41, 5.74) is -1.38. The summed E-state index contributed by atoms with van der Waals surface area (Å²) in [4.78, 5) is 14.7. The standard InChI is InChI=1S/C14H10F3NO3/c1-21-10-4-9(6-18-7-10)8-2-3-11(13(19)20)12(5-8)14(15,16)17/h2-7H,1H3,(H,19,20). The molecule has 0 unspecified atom stereocenters. The van der Waals surface area contributed by atoms with Crippen LogP contribution >= 0.6 is 0 Å². The Hall–Kier alpha value is -2.57. The second-order valence-corrected chi connectivity index (χ2v) is 4.18. The van der Waals surface area contributed by atoms with Crippen LogP contribution in [0, 0.1) is 0 Å². The second kappa shape index (κ2) is 5.43. The van der Waals surface area contributed by atoms with Crippen LogP contribution in [-0.4, -0.2) is 23.2 Å². The van der Waals surface area contributed by atoms with E-state index in [4.69, 9.17) is 9.84 Å². The van der Waals surface area contributed by atoms with Gasteiger partial charge in [0.05, 0.1) is 24.4 Å². The number of rotatable bonds is 3. The molecule has 0 spiro atoms. The Balaban J connectivity index is 2.58. The van der Waals surface area contributed by atoms with Gasteiger partial charge in [-0.25, -0.2) is 4.79 Å². The Morgan fingerprint density at radius 3 is 2.48 bits per heavy atom. The number of alkyl halides is 3. The number of hydrogen-bond donors (Lipinski definition) is 1. The van der Waals surface area contributed by atoms with Gasteiger partial charge in [0.1, 0.15) is 5.75 Å². The minimum absolute atomic E-state index is 0.207. The Labute approximate surface area is 117 Å². The van der Waals surface area contributed by atoms with Gasteiger partial charge in [0.2, 0.25) is 0 Å². The predicted molar refractivity (Wildman–Crippen MR) is 68.2 cm³/mol. The van der Waals surface area contributed by atoms with Crippen molar-refractivity contribution in [3.8, 4) is 16.9 Å². The van der Waals surface area contributed by atoms with Gasteiger partial charge in [-0.2, -0.15) is 13.2 Å². The van der Waals surface area contributed by atoms with Gasteiger partial charge in [-0.3, -0.25) is 4.98 Å². The van der Waals surface area contributed by atoms with E-state index in [1.165, 1.54) is 31.6 Å². The van der Waals surface area contributed by atoms with E-state index >= 15 is 0 Å². The number of hydrogen-bond acceptors (Lipinski definition) is 3. The van der Waals surface area contributed by atoms with Gasteiger partial charge >= 0.3 is 12.1 Å². The lowest BCUT2D eigenvalue weighted by atomic mass is 9.99. The number of aromatic carboxylic acids is 1. The largest absolute Gasteiger partial charge is 0.495 e. The molecule has 2 aromatic rings. The molecule has 0 aliphatic rings. The lowest BCUT2D eigenvalue weighted by molar-refractivity contribution is -0.138. The van der Waals surface area contributed by atoms with Crippen molar-refractivity contribution in [2.24, 2.45) is 0 Å². The summed E-state index contributed by atoms with van der Waals surface area (Å²) in [6.45, 7) is 0. The zero-order chi connectivity index (χ0) is 15.6. The van der Waals surface area contributed by atoms with Crippen molar-refractivity contribution in [3.63, 3.8) is 0 Å². The molecule has 0 saturated carbocycles. The maximum absolute atomic E-state index is 12.9. The monoisotopic (exact) mass is 297 g/mol. The molecule has 0 aliphatic carbocycles. The normalized spacial score (nSPS) is 11.2. The Bertz CT molecular complexity index is 683. The van der Waals surface area contributed by atoms with Gasteiger partial charge in [-0.05, 0) is 23.8 Å². The number of halogens is 3. The molecule has 1 heterocycles. The second-order valence-electron chi connectivity index (χ2n) is 4.18. The van der Waals surface area contributed by atoms with Crippen molar-refractivity contribution in [1.29, 1.82) is 0 Å². The van der Waals surface area contributed by atoms with Crippen LogP contribution in [0.25, 0.3) is 11.1 Å². The minimum Gasteiger partial charge on any atom is -0.495 e. The quantitative estimate of drug-likeness (QED) is 0.942. The summed E-state index contributed by atoms with van der Waals surface area (Å²) >= 11 is 0. The maximum Gasteiger partial charge on any atom is 0.417 e. The fraction of sp³-hybridized carbons (Fsp3) is 0.143. The van der Waals surface area contributed by atoms with Crippen LogP contribution in [0.4, 0.5) is 13.2 Å². The first-order valence-electron chi connectivity index (χ1n) is 5.77. The number of carboxylic acids is 1. The number of nitrogens with zero attached hydrogens (tertiary/aromatic N) is 1. The molecule has 0 saturated heterocycles. The molecule has 7 heteroatoms. The summed E-state index contributed by atoms with van der Waals surface area (Å²) in [5.74, 6) is -1.24. The molecule has 0 bridgehead atoms. The highest BCUT2D eigenvalue weighted by Crippen LogP contribution is 2.35. The van der Waals surface area contributed by atoms with E-state index in [9.17, 15) is 18.0 Å². The predicted octanol–water partition coefficient (Wildman–Crippen LogP) is 3.47. The van der Waals surface area contributed by atoms with E-state index < -0.39 is 23.3 Å². The number of carbonyl (C=O) groups is 1. The molecule has 110 valence electrons. The first-order chi connectivity index (χ1) is 9.82. The Kier molecular flexibility index (Phi) is 3.84. The third-order valence-corrected chi connectivity index (χ3v) is 2.84.